The molecule has 0 bridgehead atoms. The first-order valence-corrected chi connectivity index (χ1v) is 26.2. The number of rotatable bonds is 8. The number of benzene rings is 11. The Kier molecular flexibility index (Phi) is 9.23. The van der Waals surface area contributed by atoms with Crippen LogP contribution in [0.5, 0.6) is 0 Å². The quantitative estimate of drug-likeness (QED) is 0.107. The Labute approximate surface area is 407 Å². The molecule has 3 nitrogen and oxygen atoms in total. The minimum atomic E-state index is -2.70. The summed E-state index contributed by atoms with van der Waals surface area (Å²) in [7, 11) is -2.70. The van der Waals surface area contributed by atoms with Crippen LogP contribution in [-0.2, 0) is 0 Å². The molecule has 0 saturated heterocycles. The fraction of sp³-hybridized carbons (Fsp3) is 0. The van der Waals surface area contributed by atoms with Gasteiger partial charge in [0, 0.05) is 54.9 Å². The molecule has 14 rings (SSSR count). The normalized spacial score (nSPS) is 12.0. The van der Waals surface area contributed by atoms with Gasteiger partial charge in [-0.05, 0) is 87.0 Å². The Hall–Kier alpha value is -8.96. The van der Waals surface area contributed by atoms with E-state index in [0.717, 1.165) is 17.1 Å². The smallest absolute Gasteiger partial charge is 0.179 e. The van der Waals surface area contributed by atoms with Crippen molar-refractivity contribution in [2.24, 2.45) is 0 Å². The molecular weight excluding hydrogens is 863 g/mol. The van der Waals surface area contributed by atoms with Crippen molar-refractivity contribution in [3.63, 3.8) is 0 Å². The number of nitrogens with zero attached hydrogens (tertiary/aromatic N) is 3. The molecule has 11 aromatic carbocycles. The van der Waals surface area contributed by atoms with E-state index in [-0.39, 0.29) is 0 Å². The SMILES string of the molecule is c1ccc(-n2c3ccccc3c3ccc(-c4cccc5c6ccccc6n(-c6ccc7c8ccccc8n(-c8ccc([Si](c9ccccc9)(c9ccccc9)c9ccccc9)cc8)c7c6)c45)cc32)cc1. The minimum absolute atomic E-state index is 1.12. The van der Waals surface area contributed by atoms with E-state index < -0.39 is 8.07 Å². The second kappa shape index (κ2) is 16.1. The van der Waals surface area contributed by atoms with Gasteiger partial charge in [0.1, 0.15) is 0 Å². The monoisotopic (exact) mass is 907 g/mol. The van der Waals surface area contributed by atoms with E-state index in [1.165, 1.54) is 97.3 Å². The van der Waals surface area contributed by atoms with E-state index in [9.17, 15) is 0 Å². The molecule has 0 aliphatic heterocycles. The van der Waals surface area contributed by atoms with Crippen LogP contribution in [0.15, 0.2) is 273 Å². The predicted molar refractivity (Wildman–Crippen MR) is 299 cm³/mol. The second-order valence-corrected chi connectivity index (χ2v) is 22.2. The summed E-state index contributed by atoms with van der Waals surface area (Å²) >= 11 is 0. The van der Waals surface area contributed by atoms with Gasteiger partial charge in [-0.15, -0.1) is 0 Å². The Morgan fingerprint density at radius 3 is 1.17 bits per heavy atom. The van der Waals surface area contributed by atoms with Crippen molar-refractivity contribution in [1.29, 1.82) is 0 Å². The van der Waals surface area contributed by atoms with Gasteiger partial charge in [0.05, 0.1) is 33.1 Å². The van der Waals surface area contributed by atoms with Gasteiger partial charge in [-0.2, -0.15) is 0 Å². The van der Waals surface area contributed by atoms with E-state index in [1.54, 1.807) is 0 Å². The van der Waals surface area contributed by atoms with E-state index in [0.29, 0.717) is 0 Å². The van der Waals surface area contributed by atoms with Gasteiger partial charge in [0.15, 0.2) is 8.07 Å². The molecule has 328 valence electrons. The number of aromatic nitrogens is 3. The van der Waals surface area contributed by atoms with Crippen molar-refractivity contribution in [2.45, 2.75) is 0 Å². The maximum atomic E-state index is 2.50. The summed E-state index contributed by atoms with van der Waals surface area (Å²) in [5.74, 6) is 0. The highest BCUT2D eigenvalue weighted by molar-refractivity contribution is 7.19. The van der Waals surface area contributed by atoms with Crippen LogP contribution in [-0.4, -0.2) is 21.8 Å². The van der Waals surface area contributed by atoms with Gasteiger partial charge >= 0.3 is 0 Å². The number of fused-ring (bicyclic) bond motifs is 9. The third-order valence-electron chi connectivity index (χ3n) is 14.8. The zero-order valence-electron chi connectivity index (χ0n) is 38.3. The van der Waals surface area contributed by atoms with Crippen molar-refractivity contribution >= 4 is 94.2 Å². The lowest BCUT2D eigenvalue weighted by Gasteiger charge is -2.34. The third-order valence-corrected chi connectivity index (χ3v) is 19.6. The summed E-state index contributed by atoms with van der Waals surface area (Å²) < 4.78 is 7.39. The molecule has 0 fully saturated rings. The van der Waals surface area contributed by atoms with Crippen molar-refractivity contribution < 1.29 is 0 Å². The van der Waals surface area contributed by atoms with Gasteiger partial charge in [-0.3, -0.25) is 0 Å². The Morgan fingerprint density at radius 2 is 0.614 bits per heavy atom. The molecule has 70 heavy (non-hydrogen) atoms. The molecule has 0 atom stereocenters. The van der Waals surface area contributed by atoms with Crippen LogP contribution < -0.4 is 20.7 Å². The lowest BCUT2D eigenvalue weighted by molar-refractivity contribution is 1.16. The average Bonchev–Trinajstić information content (AvgIpc) is 4.08. The van der Waals surface area contributed by atoms with Crippen molar-refractivity contribution in [3.8, 4) is 28.2 Å². The zero-order chi connectivity index (χ0) is 46.2. The molecule has 0 N–H and O–H groups in total. The van der Waals surface area contributed by atoms with Crippen LogP contribution in [0.1, 0.15) is 0 Å². The number of hydrogen-bond acceptors (Lipinski definition) is 0. The number of para-hydroxylation sites is 5. The summed E-state index contributed by atoms with van der Waals surface area (Å²) in [5, 5.41) is 12.9. The first-order valence-electron chi connectivity index (χ1n) is 24.2. The van der Waals surface area contributed by atoms with Gasteiger partial charge < -0.3 is 13.7 Å². The first kappa shape index (κ1) is 40.1. The zero-order valence-corrected chi connectivity index (χ0v) is 39.3. The van der Waals surface area contributed by atoms with E-state index >= 15 is 0 Å². The molecule has 0 aliphatic carbocycles. The topological polar surface area (TPSA) is 14.8 Å². The maximum Gasteiger partial charge on any atom is 0.179 e. The maximum absolute atomic E-state index is 2.70. The van der Waals surface area contributed by atoms with Crippen LogP contribution in [0, 0.1) is 0 Å². The molecule has 4 heteroatoms. The summed E-state index contributed by atoms with van der Waals surface area (Å²) in [6.07, 6.45) is 0. The lowest BCUT2D eigenvalue weighted by atomic mass is 10.00. The second-order valence-electron chi connectivity index (χ2n) is 18.4. The molecular formula is C66H45N3Si. The molecule has 3 heterocycles. The van der Waals surface area contributed by atoms with Gasteiger partial charge in [-0.25, -0.2) is 0 Å². The Balaban J connectivity index is 0.980. The average molecular weight is 908 g/mol. The molecule has 0 saturated carbocycles. The van der Waals surface area contributed by atoms with Gasteiger partial charge in [-0.1, -0.05) is 212 Å². The molecule has 0 unspecified atom stereocenters. The highest BCUT2D eigenvalue weighted by Crippen LogP contribution is 2.42. The minimum Gasteiger partial charge on any atom is -0.309 e. The lowest BCUT2D eigenvalue weighted by Crippen LogP contribution is -2.74. The predicted octanol–water partition coefficient (Wildman–Crippen LogP) is 14.0. The fourth-order valence-electron chi connectivity index (χ4n) is 11.8. The van der Waals surface area contributed by atoms with E-state index in [4.69, 9.17) is 0 Å². The van der Waals surface area contributed by atoms with Crippen LogP contribution in [0.3, 0.4) is 0 Å². The van der Waals surface area contributed by atoms with E-state index in [1.807, 2.05) is 0 Å². The summed E-state index contributed by atoms with van der Waals surface area (Å²) in [6.45, 7) is 0. The largest absolute Gasteiger partial charge is 0.309 e. The van der Waals surface area contributed by atoms with Crippen molar-refractivity contribution in [1.82, 2.24) is 13.7 Å². The molecule has 3 aromatic heterocycles. The van der Waals surface area contributed by atoms with Gasteiger partial charge in [0.25, 0.3) is 0 Å². The summed E-state index contributed by atoms with van der Waals surface area (Å²) in [4.78, 5) is 0. The Morgan fingerprint density at radius 1 is 0.229 bits per heavy atom. The molecule has 14 aromatic rings. The first-order chi connectivity index (χ1) is 34.8. The summed E-state index contributed by atoms with van der Waals surface area (Å²) in [5.41, 5.74) is 12.9. The Bertz CT molecular complexity index is 4170. The number of hydrogen-bond donors (Lipinski definition) is 0. The van der Waals surface area contributed by atoms with Crippen LogP contribution in [0.25, 0.3) is 93.6 Å². The molecule has 0 aliphatic rings. The highest BCUT2D eigenvalue weighted by Gasteiger charge is 2.41. The van der Waals surface area contributed by atoms with Crippen LogP contribution in [0.4, 0.5) is 0 Å². The van der Waals surface area contributed by atoms with Crippen LogP contribution in [0.2, 0.25) is 0 Å². The van der Waals surface area contributed by atoms with Crippen LogP contribution >= 0.6 is 0 Å². The molecule has 0 spiro atoms. The molecule has 0 radical (unpaired) electrons. The van der Waals surface area contributed by atoms with Gasteiger partial charge in [0.2, 0.25) is 0 Å². The summed E-state index contributed by atoms with van der Waals surface area (Å²) in [6, 6.07) is 101. The fourth-order valence-corrected chi connectivity index (χ4v) is 16.6. The standard InChI is InChI=1S/C66H45N3Si/c1-5-20-47(21-6-1)67-61-33-16-13-28-55(61)58-42-36-46(44-64(58)67)54-31-19-32-60-57-30-15-18-35-63(57)69(66(54)60)49-39-43-59-56-29-14-17-34-62(56)68(65(59)45-49)48-37-40-53(41-38-48)70(50-22-7-2-8-23-50,51-24-9-3-10-25-51)52-26-11-4-12-27-52/h1-45H. The van der Waals surface area contributed by atoms with E-state index in [2.05, 4.69) is 287 Å². The van der Waals surface area contributed by atoms with Crippen molar-refractivity contribution in [2.75, 3.05) is 0 Å². The van der Waals surface area contributed by atoms with Crippen molar-refractivity contribution in [3.05, 3.63) is 273 Å². The third kappa shape index (κ3) is 6.00. The molecule has 0 amide bonds. The highest BCUT2D eigenvalue weighted by atomic mass is 28.3.